The van der Waals surface area contributed by atoms with Gasteiger partial charge in [-0.3, -0.25) is 0 Å². The molecule has 8 heteroatoms. The smallest absolute Gasteiger partial charge is 0.316 e. The van der Waals surface area contributed by atoms with E-state index in [9.17, 15) is 30.7 Å². The van der Waals surface area contributed by atoms with Crippen LogP contribution in [0, 0.1) is 0 Å². The van der Waals surface area contributed by atoms with Gasteiger partial charge < -0.3 is 4.74 Å². The lowest BCUT2D eigenvalue weighted by molar-refractivity contribution is -0.293. The van der Waals surface area contributed by atoms with Crippen molar-refractivity contribution in [3.63, 3.8) is 0 Å². The van der Waals surface area contributed by atoms with Gasteiger partial charge >= 0.3 is 18.0 Å². The average molecular weight is 198 g/mol. The van der Waals surface area contributed by atoms with E-state index in [2.05, 4.69) is 4.74 Å². The number of halogens is 7. The van der Waals surface area contributed by atoms with Crippen LogP contribution in [0.5, 0.6) is 0 Å². The number of hydrogen-bond acceptors (Lipinski definition) is 1. The summed E-state index contributed by atoms with van der Waals surface area (Å²) < 4.78 is 84.0. The number of rotatable bonds is 0. The molecular weight excluding hydrogens is 197 g/mol. The lowest BCUT2D eigenvalue weighted by Crippen LogP contribution is -2.47. The van der Waals surface area contributed by atoms with Crippen LogP contribution in [0.3, 0.4) is 0 Å². The second-order valence-electron chi connectivity index (χ2n) is 2.17. The quantitative estimate of drug-likeness (QED) is 0.429. The van der Waals surface area contributed by atoms with Crippen LogP contribution in [-0.2, 0) is 4.74 Å². The summed E-state index contributed by atoms with van der Waals surface area (Å²) in [5.74, 6) is 0. The molecule has 0 bridgehead atoms. The third-order valence-electron chi connectivity index (χ3n) is 1.39. The van der Waals surface area contributed by atoms with E-state index in [1.807, 2.05) is 0 Å². The average Bonchev–Trinajstić information content (AvgIpc) is 2.36. The van der Waals surface area contributed by atoms with Gasteiger partial charge in [0.1, 0.15) is 0 Å². The first-order valence-electron chi connectivity index (χ1n) is 2.58. The number of hydrogen-bond donors (Lipinski definition) is 0. The van der Waals surface area contributed by atoms with E-state index < -0.39 is 24.3 Å². The zero-order chi connectivity index (χ0) is 9.78. The summed E-state index contributed by atoms with van der Waals surface area (Å²) in [7, 11) is 0. The summed E-state index contributed by atoms with van der Waals surface area (Å²) in [4.78, 5) is 0. The van der Waals surface area contributed by atoms with Crippen molar-refractivity contribution >= 4 is 0 Å². The van der Waals surface area contributed by atoms with Crippen LogP contribution in [0.4, 0.5) is 30.7 Å². The molecule has 0 N–H and O–H groups in total. The second-order valence-corrected chi connectivity index (χ2v) is 2.17. The van der Waals surface area contributed by atoms with Crippen LogP contribution in [-0.4, -0.2) is 24.3 Å². The first-order valence-corrected chi connectivity index (χ1v) is 2.58. The highest BCUT2D eigenvalue weighted by Gasteiger charge is 2.88. The Labute approximate surface area is 61.1 Å². The van der Waals surface area contributed by atoms with Crippen molar-refractivity contribution in [2.45, 2.75) is 24.3 Å². The molecule has 0 saturated carbocycles. The second kappa shape index (κ2) is 2.04. The number of alkyl halides is 7. The molecule has 1 rings (SSSR count). The van der Waals surface area contributed by atoms with Crippen LogP contribution in [0.25, 0.3) is 0 Å². The summed E-state index contributed by atoms with van der Waals surface area (Å²) >= 11 is 0. The lowest BCUT2D eigenvalue weighted by Gasteiger charge is -2.17. The molecule has 0 aromatic carbocycles. The molecule has 0 aromatic rings. The largest absolute Gasteiger partial charge is 0.432 e. The summed E-state index contributed by atoms with van der Waals surface area (Å²) in [5, 5.41) is 0. The van der Waals surface area contributed by atoms with Gasteiger partial charge in [0, 0.05) is 0 Å². The van der Waals surface area contributed by atoms with Gasteiger partial charge in [-0.2, -0.15) is 26.3 Å². The monoisotopic (exact) mass is 198 g/mol. The molecule has 1 nitrogen and oxygen atoms in total. The highest BCUT2D eigenvalue weighted by atomic mass is 19.4. The maximum Gasteiger partial charge on any atom is 0.432 e. The Kier molecular flexibility index (Phi) is 1.62. The van der Waals surface area contributed by atoms with Crippen molar-refractivity contribution in [3.8, 4) is 0 Å². The van der Waals surface area contributed by atoms with Crippen LogP contribution < -0.4 is 0 Å². The van der Waals surface area contributed by atoms with E-state index in [-0.39, 0.29) is 0 Å². The molecule has 0 radical (unpaired) electrons. The van der Waals surface area contributed by atoms with E-state index in [4.69, 9.17) is 0 Å². The first kappa shape index (κ1) is 9.56. The predicted molar refractivity (Wildman–Crippen MR) is 20.8 cm³/mol. The van der Waals surface area contributed by atoms with Gasteiger partial charge in [0.25, 0.3) is 0 Å². The highest BCUT2D eigenvalue weighted by Crippen LogP contribution is 2.59. The Morgan fingerprint density at radius 1 is 0.917 bits per heavy atom. The topological polar surface area (TPSA) is 12.5 Å². The molecule has 0 aliphatic carbocycles. The molecular formula is C4HF7O. The van der Waals surface area contributed by atoms with Crippen molar-refractivity contribution in [3.05, 3.63) is 0 Å². The predicted octanol–water partition coefficient (Wildman–Crippen LogP) is 2.18. The van der Waals surface area contributed by atoms with Gasteiger partial charge in [0.05, 0.1) is 0 Å². The maximum absolute atomic E-state index is 11.8. The Balaban J connectivity index is 2.96. The Morgan fingerprint density at radius 3 is 1.17 bits per heavy atom. The molecule has 1 fully saturated rings. The van der Waals surface area contributed by atoms with E-state index >= 15 is 0 Å². The van der Waals surface area contributed by atoms with Gasteiger partial charge in [-0.05, 0) is 0 Å². The van der Waals surface area contributed by atoms with Gasteiger partial charge in [0.2, 0.25) is 6.36 Å². The van der Waals surface area contributed by atoms with Crippen LogP contribution in [0.2, 0.25) is 0 Å². The number of epoxide rings is 1. The summed E-state index contributed by atoms with van der Waals surface area (Å²) in [6.07, 6.45) is -14.9. The van der Waals surface area contributed by atoms with Gasteiger partial charge in [-0.25, -0.2) is 4.39 Å². The van der Waals surface area contributed by atoms with E-state index in [1.54, 1.807) is 0 Å². The van der Waals surface area contributed by atoms with Crippen molar-refractivity contribution in [2.75, 3.05) is 0 Å². The van der Waals surface area contributed by atoms with Gasteiger partial charge in [0.15, 0.2) is 0 Å². The zero-order valence-corrected chi connectivity index (χ0v) is 5.13. The normalized spacial score (nSPS) is 28.8. The fourth-order valence-electron chi connectivity index (χ4n) is 0.681. The maximum atomic E-state index is 11.8. The third-order valence-corrected chi connectivity index (χ3v) is 1.39. The zero-order valence-electron chi connectivity index (χ0n) is 5.13. The molecule has 1 atom stereocenters. The Morgan fingerprint density at radius 2 is 1.17 bits per heavy atom. The number of ether oxygens (including phenoxy) is 1. The molecule has 12 heavy (non-hydrogen) atoms. The molecule has 0 amide bonds. The minimum absolute atomic E-state index is 2.92. The Hall–Kier alpha value is -0.530. The van der Waals surface area contributed by atoms with Crippen LogP contribution in [0.1, 0.15) is 0 Å². The SMILES string of the molecule is FC1OC1(C(F)(F)F)C(F)(F)F. The molecule has 72 valence electrons. The highest BCUT2D eigenvalue weighted by molar-refractivity contribution is 5.09. The van der Waals surface area contributed by atoms with Crippen LogP contribution in [0.15, 0.2) is 0 Å². The molecule has 1 aliphatic rings. The third kappa shape index (κ3) is 0.970. The minimum Gasteiger partial charge on any atom is -0.316 e. The fourth-order valence-corrected chi connectivity index (χ4v) is 0.681. The molecule has 1 unspecified atom stereocenters. The fraction of sp³-hybridized carbons (Fsp3) is 1.00. The lowest BCUT2D eigenvalue weighted by atomic mass is 10.1. The van der Waals surface area contributed by atoms with Crippen molar-refractivity contribution < 1.29 is 35.5 Å². The summed E-state index contributed by atoms with van der Waals surface area (Å²) in [6.45, 7) is 0. The Bertz CT molecular complexity index is 177. The molecule has 1 heterocycles. The minimum atomic E-state index is -5.76. The standard InChI is InChI=1S/C4HF7O/c5-1-2(12-1,3(6,7)8)4(9,10)11/h1H. The van der Waals surface area contributed by atoms with Crippen molar-refractivity contribution in [1.29, 1.82) is 0 Å². The van der Waals surface area contributed by atoms with E-state index in [0.29, 0.717) is 0 Å². The van der Waals surface area contributed by atoms with Gasteiger partial charge in [-0.1, -0.05) is 0 Å². The molecule has 0 aromatic heterocycles. The molecule has 1 aliphatic heterocycles. The van der Waals surface area contributed by atoms with Crippen molar-refractivity contribution in [2.24, 2.45) is 0 Å². The molecule has 0 spiro atoms. The molecule has 1 saturated heterocycles. The van der Waals surface area contributed by atoms with Gasteiger partial charge in [-0.15, -0.1) is 0 Å². The summed E-state index contributed by atoms with van der Waals surface area (Å²) in [6, 6.07) is 0. The van der Waals surface area contributed by atoms with Crippen molar-refractivity contribution in [1.82, 2.24) is 0 Å². The van der Waals surface area contributed by atoms with E-state index in [0.717, 1.165) is 0 Å². The van der Waals surface area contributed by atoms with E-state index in [1.165, 1.54) is 0 Å². The summed E-state index contributed by atoms with van der Waals surface area (Å²) in [5.41, 5.74) is -4.58. The van der Waals surface area contributed by atoms with Crippen LogP contribution >= 0.6 is 0 Å². The first-order chi connectivity index (χ1) is 5.13.